The molecule has 0 aromatic heterocycles. The van der Waals surface area contributed by atoms with E-state index >= 15 is 0 Å². The molecule has 0 aliphatic carbocycles. The maximum Gasteiger partial charge on any atom is 0.270 e. The zero-order valence-electron chi connectivity index (χ0n) is 18.1. The van der Waals surface area contributed by atoms with Gasteiger partial charge in [-0.05, 0) is 43.3 Å². The Morgan fingerprint density at radius 3 is 2.42 bits per heavy atom. The highest BCUT2D eigenvalue weighted by Crippen LogP contribution is 2.22. The highest BCUT2D eigenvalue weighted by atomic mass is 32.2. The Labute approximate surface area is 191 Å². The molecule has 0 unspecified atom stereocenters. The molecule has 0 bridgehead atoms. The minimum atomic E-state index is -4.03. The van der Waals surface area contributed by atoms with Gasteiger partial charge in [0.15, 0.2) is 0 Å². The third kappa shape index (κ3) is 5.86. The summed E-state index contributed by atoms with van der Waals surface area (Å²) in [6.07, 6.45) is 0. The van der Waals surface area contributed by atoms with Crippen molar-refractivity contribution in [1.82, 2.24) is 4.90 Å². The summed E-state index contributed by atoms with van der Waals surface area (Å²) in [5.41, 5.74) is 1.15. The molecule has 0 spiro atoms. The fourth-order valence-electron chi connectivity index (χ4n) is 3.14. The van der Waals surface area contributed by atoms with E-state index in [1.165, 1.54) is 42.5 Å². The topological polar surface area (TPSA) is 119 Å². The molecule has 33 heavy (non-hydrogen) atoms. The monoisotopic (exact) mass is 469 g/mol. The number of para-hydroxylation sites is 1. The largest absolute Gasteiger partial charge is 0.494 e. The number of ether oxygens (including phenoxy) is 1. The van der Waals surface area contributed by atoms with E-state index in [4.69, 9.17) is 4.74 Å². The van der Waals surface area contributed by atoms with Crippen molar-refractivity contribution in [2.45, 2.75) is 18.4 Å². The predicted octanol–water partition coefficient (Wildman–Crippen LogP) is 4.07. The molecule has 0 radical (unpaired) electrons. The number of nitrogens with one attached hydrogen (secondary N) is 1. The first kappa shape index (κ1) is 23.7. The van der Waals surface area contributed by atoms with E-state index in [-0.39, 0.29) is 22.2 Å². The van der Waals surface area contributed by atoms with Gasteiger partial charge in [-0.15, -0.1) is 0 Å². The maximum atomic E-state index is 12.8. The number of amides is 1. The van der Waals surface area contributed by atoms with Crippen LogP contribution in [0.15, 0.2) is 77.7 Å². The van der Waals surface area contributed by atoms with Crippen LogP contribution in [0.25, 0.3) is 0 Å². The molecule has 3 aromatic rings. The molecule has 1 amide bonds. The van der Waals surface area contributed by atoms with Gasteiger partial charge in [0.05, 0.1) is 16.4 Å². The lowest BCUT2D eigenvalue weighted by molar-refractivity contribution is -0.385. The zero-order valence-corrected chi connectivity index (χ0v) is 18.9. The molecule has 0 heterocycles. The van der Waals surface area contributed by atoms with Crippen molar-refractivity contribution in [3.8, 4) is 5.75 Å². The fourth-order valence-corrected chi connectivity index (χ4v) is 4.24. The normalized spacial score (nSPS) is 11.0. The first-order valence-electron chi connectivity index (χ1n) is 10.0. The molecule has 0 aliphatic heterocycles. The molecule has 3 rings (SSSR count). The molecular formula is C23H23N3O6S. The van der Waals surface area contributed by atoms with Gasteiger partial charge in [-0.2, -0.15) is 0 Å². The van der Waals surface area contributed by atoms with Crippen LogP contribution in [0, 0.1) is 10.1 Å². The summed E-state index contributed by atoms with van der Waals surface area (Å²) < 4.78 is 33.1. The molecule has 172 valence electrons. The smallest absolute Gasteiger partial charge is 0.270 e. The number of benzene rings is 3. The molecule has 9 nitrogen and oxygen atoms in total. The summed E-state index contributed by atoms with van der Waals surface area (Å²) in [6.45, 7) is 2.75. The molecule has 0 aliphatic rings. The van der Waals surface area contributed by atoms with Crippen molar-refractivity contribution in [1.29, 1.82) is 0 Å². The lowest BCUT2D eigenvalue weighted by Crippen LogP contribution is -2.26. The van der Waals surface area contributed by atoms with Gasteiger partial charge in [-0.1, -0.05) is 24.3 Å². The van der Waals surface area contributed by atoms with E-state index < -0.39 is 14.9 Å². The van der Waals surface area contributed by atoms with Crippen molar-refractivity contribution in [2.75, 3.05) is 18.4 Å². The number of rotatable bonds is 9. The summed E-state index contributed by atoms with van der Waals surface area (Å²) in [4.78, 5) is 24.4. The van der Waals surface area contributed by atoms with Crippen LogP contribution in [0.1, 0.15) is 22.8 Å². The van der Waals surface area contributed by atoms with E-state index in [2.05, 4.69) is 4.72 Å². The average molecular weight is 470 g/mol. The Morgan fingerprint density at radius 2 is 1.76 bits per heavy atom. The van der Waals surface area contributed by atoms with Crippen LogP contribution in [0.4, 0.5) is 11.4 Å². The number of nitro groups is 1. The minimum absolute atomic E-state index is 0.224. The van der Waals surface area contributed by atoms with Crippen LogP contribution in [-0.4, -0.2) is 37.8 Å². The van der Waals surface area contributed by atoms with E-state index in [1.807, 2.05) is 31.2 Å². The Bertz CT molecular complexity index is 1260. The Hall–Kier alpha value is -3.92. The predicted molar refractivity (Wildman–Crippen MR) is 124 cm³/mol. The standard InChI is InChI=1S/C23H23N3O6S/c1-3-32-22-10-5-4-7-18(22)16-25(2)23(27)17-11-13-19(14-12-17)24-33(30,31)21-9-6-8-20(15-21)26(28)29/h4-15,24H,3,16H2,1-2H3. The quantitative estimate of drug-likeness (QED) is 0.373. The van der Waals surface area contributed by atoms with Gasteiger partial charge < -0.3 is 9.64 Å². The van der Waals surface area contributed by atoms with Crippen LogP contribution in [-0.2, 0) is 16.6 Å². The number of nitrogens with zero attached hydrogens (tertiary/aromatic N) is 2. The van der Waals surface area contributed by atoms with Gasteiger partial charge in [-0.25, -0.2) is 8.42 Å². The van der Waals surface area contributed by atoms with Gasteiger partial charge in [-0.3, -0.25) is 19.6 Å². The van der Waals surface area contributed by atoms with Gasteiger partial charge in [0.2, 0.25) is 0 Å². The molecule has 0 fully saturated rings. The lowest BCUT2D eigenvalue weighted by atomic mass is 10.1. The van der Waals surface area contributed by atoms with Gasteiger partial charge in [0.1, 0.15) is 5.75 Å². The summed E-state index contributed by atoms with van der Waals surface area (Å²) in [5.74, 6) is 0.472. The van der Waals surface area contributed by atoms with Crippen molar-refractivity contribution in [3.63, 3.8) is 0 Å². The molecule has 0 atom stereocenters. The number of nitro benzene ring substituents is 1. The summed E-state index contributed by atoms with van der Waals surface area (Å²) in [5, 5.41) is 10.9. The SMILES string of the molecule is CCOc1ccccc1CN(C)C(=O)c1ccc(NS(=O)(=O)c2cccc([N+](=O)[O-])c2)cc1. The number of carbonyl (C=O) groups excluding carboxylic acids is 1. The Kier molecular flexibility index (Phi) is 7.29. The van der Waals surface area contributed by atoms with Crippen molar-refractivity contribution < 1.29 is 22.9 Å². The second kappa shape index (κ2) is 10.1. The van der Waals surface area contributed by atoms with E-state index in [0.717, 1.165) is 11.6 Å². The number of non-ortho nitro benzene ring substituents is 1. The highest BCUT2D eigenvalue weighted by molar-refractivity contribution is 7.92. The molecular weight excluding hydrogens is 446 g/mol. The van der Waals surface area contributed by atoms with Gasteiger partial charge in [0.25, 0.3) is 21.6 Å². The summed E-state index contributed by atoms with van der Waals surface area (Å²) in [6, 6.07) is 18.2. The highest BCUT2D eigenvalue weighted by Gasteiger charge is 2.19. The van der Waals surface area contributed by atoms with E-state index in [0.29, 0.717) is 24.5 Å². The minimum Gasteiger partial charge on any atom is -0.494 e. The number of anilines is 1. The lowest BCUT2D eigenvalue weighted by Gasteiger charge is -2.19. The third-order valence-electron chi connectivity index (χ3n) is 4.75. The maximum absolute atomic E-state index is 12.8. The Balaban J connectivity index is 1.71. The van der Waals surface area contributed by atoms with Gasteiger partial charge >= 0.3 is 0 Å². The van der Waals surface area contributed by atoms with Crippen molar-refractivity contribution in [2.24, 2.45) is 0 Å². The van der Waals surface area contributed by atoms with E-state index in [9.17, 15) is 23.3 Å². The molecule has 0 saturated heterocycles. The second-order valence-corrected chi connectivity index (χ2v) is 8.82. The average Bonchev–Trinajstić information content (AvgIpc) is 2.80. The van der Waals surface area contributed by atoms with Crippen LogP contribution in [0.3, 0.4) is 0 Å². The number of carbonyl (C=O) groups is 1. The summed E-state index contributed by atoms with van der Waals surface area (Å²) >= 11 is 0. The molecule has 0 saturated carbocycles. The van der Waals surface area contributed by atoms with E-state index in [1.54, 1.807) is 11.9 Å². The van der Waals surface area contributed by atoms with Gasteiger partial charge in [0, 0.05) is 42.5 Å². The van der Waals surface area contributed by atoms with Crippen LogP contribution < -0.4 is 9.46 Å². The fraction of sp³-hybridized carbons (Fsp3) is 0.174. The Morgan fingerprint density at radius 1 is 1.06 bits per heavy atom. The number of sulfonamides is 1. The van der Waals surface area contributed by atoms with Crippen LogP contribution in [0.2, 0.25) is 0 Å². The molecule has 1 N–H and O–H groups in total. The summed E-state index contributed by atoms with van der Waals surface area (Å²) in [7, 11) is -2.36. The first-order valence-corrected chi connectivity index (χ1v) is 11.5. The first-order chi connectivity index (χ1) is 15.7. The van der Waals surface area contributed by atoms with Crippen molar-refractivity contribution in [3.05, 3.63) is 94.0 Å². The van der Waals surface area contributed by atoms with Crippen LogP contribution in [0.5, 0.6) is 5.75 Å². The second-order valence-electron chi connectivity index (χ2n) is 7.14. The van der Waals surface area contributed by atoms with Crippen molar-refractivity contribution >= 4 is 27.3 Å². The number of hydrogen-bond acceptors (Lipinski definition) is 6. The number of hydrogen-bond donors (Lipinski definition) is 1. The molecule has 10 heteroatoms. The molecule has 3 aromatic carbocycles. The zero-order chi connectivity index (χ0) is 24.0. The third-order valence-corrected chi connectivity index (χ3v) is 6.13. The van der Waals surface area contributed by atoms with Crippen LogP contribution >= 0.6 is 0 Å².